The molecular weight excluding hydrogens is 311 g/mol. The second kappa shape index (κ2) is 5.53. The third-order valence-corrected chi connectivity index (χ3v) is 3.37. The summed E-state index contributed by atoms with van der Waals surface area (Å²) in [7, 11) is 0. The minimum atomic E-state index is -2.35. The van der Waals surface area contributed by atoms with E-state index in [1.54, 1.807) is 36.4 Å². The maximum Gasteiger partial charge on any atom is 0.365 e. The molecule has 2 aromatic carbocycles. The quantitative estimate of drug-likeness (QED) is 0.482. The SMILES string of the molecule is Cc1cccc(OC(=O)C(F)(Br)c2ccccc2)c1. The predicted molar refractivity (Wildman–Crippen MR) is 75.0 cm³/mol. The third-order valence-electron chi connectivity index (χ3n) is 2.59. The summed E-state index contributed by atoms with van der Waals surface area (Å²) in [6, 6.07) is 15.0. The lowest BCUT2D eigenvalue weighted by Crippen LogP contribution is -2.28. The number of aryl methyl sites for hydroxylation is 1. The van der Waals surface area contributed by atoms with Gasteiger partial charge in [0.2, 0.25) is 0 Å². The van der Waals surface area contributed by atoms with Crippen molar-refractivity contribution in [3.8, 4) is 5.75 Å². The second-order valence-electron chi connectivity index (χ2n) is 4.15. The van der Waals surface area contributed by atoms with Crippen molar-refractivity contribution in [1.82, 2.24) is 0 Å². The molecule has 0 fully saturated rings. The fourth-order valence-electron chi connectivity index (χ4n) is 1.62. The van der Waals surface area contributed by atoms with Crippen molar-refractivity contribution >= 4 is 21.9 Å². The molecule has 0 amide bonds. The Kier molecular flexibility index (Phi) is 4.00. The molecule has 0 aromatic heterocycles. The highest BCUT2D eigenvalue weighted by Crippen LogP contribution is 2.34. The van der Waals surface area contributed by atoms with Gasteiger partial charge in [-0.1, -0.05) is 42.5 Å². The van der Waals surface area contributed by atoms with E-state index in [1.807, 2.05) is 13.0 Å². The van der Waals surface area contributed by atoms with Crippen molar-refractivity contribution in [1.29, 1.82) is 0 Å². The first-order valence-electron chi connectivity index (χ1n) is 5.72. The van der Waals surface area contributed by atoms with E-state index in [4.69, 9.17) is 4.74 Å². The lowest BCUT2D eigenvalue weighted by atomic mass is 10.1. The van der Waals surface area contributed by atoms with Crippen molar-refractivity contribution in [2.24, 2.45) is 0 Å². The van der Waals surface area contributed by atoms with Gasteiger partial charge in [-0.3, -0.25) is 0 Å². The molecule has 0 N–H and O–H groups in total. The monoisotopic (exact) mass is 322 g/mol. The number of benzene rings is 2. The Bertz CT molecular complexity index is 582. The van der Waals surface area contributed by atoms with Crippen LogP contribution in [0, 0.1) is 6.92 Å². The molecule has 0 aliphatic heterocycles. The highest BCUT2D eigenvalue weighted by atomic mass is 79.9. The van der Waals surface area contributed by atoms with E-state index in [-0.39, 0.29) is 5.56 Å². The zero-order chi connectivity index (χ0) is 13.9. The van der Waals surface area contributed by atoms with Gasteiger partial charge in [-0.15, -0.1) is 0 Å². The molecule has 4 heteroatoms. The van der Waals surface area contributed by atoms with Crippen LogP contribution in [0.3, 0.4) is 0 Å². The van der Waals surface area contributed by atoms with E-state index < -0.39 is 10.5 Å². The highest BCUT2D eigenvalue weighted by Gasteiger charge is 2.39. The van der Waals surface area contributed by atoms with Crippen LogP contribution in [0.2, 0.25) is 0 Å². The molecule has 0 aliphatic rings. The Balaban J connectivity index is 2.20. The van der Waals surface area contributed by atoms with Gasteiger partial charge in [0.25, 0.3) is 4.58 Å². The minimum absolute atomic E-state index is 0.202. The number of rotatable bonds is 3. The van der Waals surface area contributed by atoms with Crippen LogP contribution in [0.5, 0.6) is 5.75 Å². The largest absolute Gasteiger partial charge is 0.423 e. The first-order chi connectivity index (χ1) is 9.00. The van der Waals surface area contributed by atoms with Gasteiger partial charge in [-0.2, -0.15) is 0 Å². The summed E-state index contributed by atoms with van der Waals surface area (Å²) in [4.78, 5) is 11.9. The molecule has 1 unspecified atom stereocenters. The molecule has 0 radical (unpaired) electrons. The molecule has 0 aliphatic carbocycles. The maximum atomic E-state index is 14.4. The molecule has 1 atom stereocenters. The van der Waals surface area contributed by atoms with E-state index >= 15 is 0 Å². The smallest absolute Gasteiger partial charge is 0.365 e. The van der Waals surface area contributed by atoms with Gasteiger partial charge in [-0.25, -0.2) is 9.18 Å². The van der Waals surface area contributed by atoms with Crippen LogP contribution >= 0.6 is 15.9 Å². The molecular formula is C15H12BrFO2. The normalized spacial score (nSPS) is 13.6. The van der Waals surface area contributed by atoms with Gasteiger partial charge in [0, 0.05) is 5.56 Å². The summed E-state index contributed by atoms with van der Waals surface area (Å²) < 4.78 is 17.1. The zero-order valence-corrected chi connectivity index (χ0v) is 11.9. The van der Waals surface area contributed by atoms with E-state index in [0.29, 0.717) is 5.75 Å². The molecule has 2 rings (SSSR count). The molecule has 2 nitrogen and oxygen atoms in total. The fourth-order valence-corrected chi connectivity index (χ4v) is 1.96. The minimum Gasteiger partial charge on any atom is -0.423 e. The Morgan fingerprint density at radius 1 is 1.16 bits per heavy atom. The molecule has 0 heterocycles. The summed E-state index contributed by atoms with van der Waals surface area (Å²) >= 11 is 2.79. The van der Waals surface area contributed by atoms with Crippen molar-refractivity contribution < 1.29 is 13.9 Å². The number of carbonyl (C=O) groups is 1. The topological polar surface area (TPSA) is 26.3 Å². The average Bonchev–Trinajstić information content (AvgIpc) is 2.39. The van der Waals surface area contributed by atoms with E-state index in [9.17, 15) is 9.18 Å². The molecule has 0 spiro atoms. The molecule has 98 valence electrons. The summed E-state index contributed by atoms with van der Waals surface area (Å²) in [6.07, 6.45) is 0. The number of hydrogen-bond donors (Lipinski definition) is 0. The van der Waals surface area contributed by atoms with Gasteiger partial charge in [0.1, 0.15) is 5.75 Å². The van der Waals surface area contributed by atoms with Gasteiger partial charge in [0.15, 0.2) is 0 Å². The lowest BCUT2D eigenvalue weighted by molar-refractivity contribution is -0.142. The standard InChI is InChI=1S/C15H12BrFO2/c1-11-6-5-9-13(10-11)19-14(18)15(16,17)12-7-3-2-4-8-12/h2-10H,1H3. The number of hydrogen-bond acceptors (Lipinski definition) is 2. The van der Waals surface area contributed by atoms with Crippen LogP contribution in [-0.4, -0.2) is 5.97 Å². The van der Waals surface area contributed by atoms with Crippen LogP contribution < -0.4 is 4.74 Å². The Morgan fingerprint density at radius 2 is 1.84 bits per heavy atom. The zero-order valence-electron chi connectivity index (χ0n) is 10.3. The van der Waals surface area contributed by atoms with Crippen LogP contribution in [0.15, 0.2) is 54.6 Å². The van der Waals surface area contributed by atoms with Crippen molar-refractivity contribution in [2.75, 3.05) is 0 Å². The number of alkyl halides is 2. The second-order valence-corrected chi connectivity index (χ2v) is 5.24. The summed E-state index contributed by atoms with van der Waals surface area (Å²) in [5.41, 5.74) is 1.14. The van der Waals surface area contributed by atoms with Crippen molar-refractivity contribution in [2.45, 2.75) is 11.5 Å². The number of carbonyl (C=O) groups excluding carboxylic acids is 1. The maximum absolute atomic E-state index is 14.4. The number of halogens is 2. The predicted octanol–water partition coefficient (Wildman–Crippen LogP) is 4.12. The van der Waals surface area contributed by atoms with Gasteiger partial charge in [0.05, 0.1) is 0 Å². The Hall–Kier alpha value is -1.68. The summed E-state index contributed by atoms with van der Waals surface area (Å²) in [5, 5.41) is 0. The van der Waals surface area contributed by atoms with E-state index in [1.165, 1.54) is 12.1 Å². The number of esters is 1. The third kappa shape index (κ3) is 3.20. The summed E-state index contributed by atoms with van der Waals surface area (Å²) in [5.74, 6) is -0.674. The van der Waals surface area contributed by atoms with Gasteiger partial charge in [-0.05, 0) is 40.5 Å². The molecule has 0 saturated heterocycles. The Labute approximate surface area is 119 Å². The molecule has 19 heavy (non-hydrogen) atoms. The first kappa shape index (κ1) is 13.7. The Morgan fingerprint density at radius 3 is 2.47 bits per heavy atom. The van der Waals surface area contributed by atoms with Gasteiger partial charge >= 0.3 is 5.97 Å². The summed E-state index contributed by atoms with van der Waals surface area (Å²) in [6.45, 7) is 1.87. The van der Waals surface area contributed by atoms with Crippen LogP contribution in [0.1, 0.15) is 11.1 Å². The van der Waals surface area contributed by atoms with Crippen molar-refractivity contribution in [3.63, 3.8) is 0 Å². The van der Waals surface area contributed by atoms with Crippen LogP contribution in [0.4, 0.5) is 4.39 Å². The van der Waals surface area contributed by atoms with E-state index in [2.05, 4.69) is 15.9 Å². The van der Waals surface area contributed by atoms with E-state index in [0.717, 1.165) is 5.56 Å². The van der Waals surface area contributed by atoms with Gasteiger partial charge < -0.3 is 4.74 Å². The molecule has 2 aromatic rings. The average molecular weight is 323 g/mol. The van der Waals surface area contributed by atoms with Crippen LogP contribution in [0.25, 0.3) is 0 Å². The highest BCUT2D eigenvalue weighted by molar-refractivity contribution is 9.10. The van der Waals surface area contributed by atoms with Crippen LogP contribution in [-0.2, 0) is 9.37 Å². The first-order valence-corrected chi connectivity index (χ1v) is 6.52. The molecule has 0 saturated carbocycles. The number of ether oxygens (including phenoxy) is 1. The lowest BCUT2D eigenvalue weighted by Gasteiger charge is -2.17. The fraction of sp³-hybridized carbons (Fsp3) is 0.133. The van der Waals surface area contributed by atoms with Crippen molar-refractivity contribution in [3.05, 3.63) is 65.7 Å². The molecule has 0 bridgehead atoms.